The molecule has 172 valence electrons. The first-order valence-electron chi connectivity index (χ1n) is 11.1. The zero-order valence-electron chi connectivity index (χ0n) is 18.8. The summed E-state index contributed by atoms with van der Waals surface area (Å²) >= 11 is 1.68. The lowest BCUT2D eigenvalue weighted by Gasteiger charge is -2.21. The highest BCUT2D eigenvalue weighted by molar-refractivity contribution is 7.89. The van der Waals surface area contributed by atoms with E-state index in [1.165, 1.54) is 9.18 Å². The smallest absolute Gasteiger partial charge is 0.243 e. The molecule has 0 aliphatic heterocycles. The summed E-state index contributed by atoms with van der Waals surface area (Å²) in [7, 11) is -1.62. The van der Waals surface area contributed by atoms with E-state index in [9.17, 15) is 13.2 Å². The highest BCUT2D eigenvalue weighted by Crippen LogP contribution is 2.30. The summed E-state index contributed by atoms with van der Waals surface area (Å²) in [6.45, 7) is 5.19. The van der Waals surface area contributed by atoms with E-state index in [1.54, 1.807) is 29.5 Å². The number of aryl methyl sites for hydroxylation is 2. The molecule has 0 atom stereocenters. The summed E-state index contributed by atoms with van der Waals surface area (Å²) in [5.74, 6) is 0.940. The van der Waals surface area contributed by atoms with Crippen molar-refractivity contribution in [1.29, 1.82) is 0 Å². The first-order valence-corrected chi connectivity index (χ1v) is 13.4. The van der Waals surface area contributed by atoms with Gasteiger partial charge in [0.15, 0.2) is 0 Å². The number of amides is 1. The summed E-state index contributed by atoms with van der Waals surface area (Å²) in [6, 6.07) is 9.53. The van der Waals surface area contributed by atoms with Crippen LogP contribution in [0.25, 0.3) is 11.0 Å². The molecule has 1 fully saturated rings. The van der Waals surface area contributed by atoms with Gasteiger partial charge >= 0.3 is 0 Å². The van der Waals surface area contributed by atoms with Crippen molar-refractivity contribution in [3.8, 4) is 0 Å². The number of thiophene rings is 1. The fraction of sp³-hybridized carbons (Fsp3) is 0.478. The van der Waals surface area contributed by atoms with Crippen molar-refractivity contribution in [3.63, 3.8) is 0 Å². The van der Waals surface area contributed by atoms with Gasteiger partial charge in [-0.2, -0.15) is 4.31 Å². The molecule has 1 amide bonds. The standard InChI is InChI=1S/C23H30N4O3S2/c1-4-26(5-2)32(29,30)19-10-11-21-20(15-19)24-22(25(21)3)12-13-23(28)27(17-8-9-17)16-18-7-6-14-31-18/h6-7,10-11,14-15,17H,4-5,8-9,12-13,16H2,1-3H3. The number of fused-ring (bicyclic) bond motifs is 1. The van der Waals surface area contributed by atoms with E-state index in [0.717, 1.165) is 24.2 Å². The third kappa shape index (κ3) is 4.60. The minimum Gasteiger partial charge on any atom is -0.335 e. The molecular weight excluding hydrogens is 444 g/mol. The van der Waals surface area contributed by atoms with Crippen LogP contribution in [0.3, 0.4) is 0 Å². The van der Waals surface area contributed by atoms with Crippen LogP contribution in [0, 0.1) is 0 Å². The van der Waals surface area contributed by atoms with Crippen LogP contribution in [0.1, 0.15) is 43.8 Å². The van der Waals surface area contributed by atoms with E-state index in [0.29, 0.717) is 44.0 Å². The Kier molecular flexibility index (Phi) is 6.69. The van der Waals surface area contributed by atoms with Crippen molar-refractivity contribution in [2.45, 2.75) is 57.0 Å². The number of aromatic nitrogens is 2. The molecule has 4 rings (SSSR count). The maximum Gasteiger partial charge on any atom is 0.243 e. The van der Waals surface area contributed by atoms with Gasteiger partial charge in [0.1, 0.15) is 5.82 Å². The molecule has 1 aliphatic rings. The van der Waals surface area contributed by atoms with Gasteiger partial charge in [-0.25, -0.2) is 13.4 Å². The highest BCUT2D eigenvalue weighted by atomic mass is 32.2. The molecule has 7 nitrogen and oxygen atoms in total. The molecular formula is C23H30N4O3S2. The van der Waals surface area contributed by atoms with Gasteiger partial charge in [-0.05, 0) is 42.5 Å². The molecule has 0 bridgehead atoms. The molecule has 0 unspecified atom stereocenters. The van der Waals surface area contributed by atoms with Gasteiger partial charge in [0.05, 0.1) is 22.5 Å². The van der Waals surface area contributed by atoms with Crippen molar-refractivity contribution in [3.05, 3.63) is 46.4 Å². The van der Waals surface area contributed by atoms with E-state index in [2.05, 4.69) is 11.1 Å². The van der Waals surface area contributed by atoms with Crippen LogP contribution < -0.4 is 0 Å². The molecule has 0 radical (unpaired) electrons. The van der Waals surface area contributed by atoms with Gasteiger partial charge in [0.2, 0.25) is 15.9 Å². The summed E-state index contributed by atoms with van der Waals surface area (Å²) in [5.41, 5.74) is 1.50. The van der Waals surface area contributed by atoms with Crippen molar-refractivity contribution < 1.29 is 13.2 Å². The quantitative estimate of drug-likeness (QED) is 0.448. The second-order valence-corrected chi connectivity index (χ2v) is 11.1. The number of carbonyl (C=O) groups excluding carboxylic acids is 1. The average molecular weight is 475 g/mol. The topological polar surface area (TPSA) is 75.5 Å². The van der Waals surface area contributed by atoms with Gasteiger partial charge in [0.25, 0.3) is 0 Å². The van der Waals surface area contributed by atoms with E-state index >= 15 is 0 Å². The minimum absolute atomic E-state index is 0.151. The predicted molar refractivity (Wildman–Crippen MR) is 127 cm³/mol. The summed E-state index contributed by atoms with van der Waals surface area (Å²) < 4.78 is 29.1. The van der Waals surface area contributed by atoms with Crippen LogP contribution >= 0.6 is 11.3 Å². The molecule has 2 heterocycles. The molecule has 0 spiro atoms. The maximum absolute atomic E-state index is 13.0. The Morgan fingerprint density at radius 2 is 1.97 bits per heavy atom. The fourth-order valence-corrected chi connectivity index (χ4v) is 6.25. The Morgan fingerprint density at radius 3 is 2.59 bits per heavy atom. The Morgan fingerprint density at radius 1 is 1.22 bits per heavy atom. The Balaban J connectivity index is 1.51. The van der Waals surface area contributed by atoms with Gasteiger partial charge in [0, 0.05) is 43.9 Å². The molecule has 3 aromatic rings. The van der Waals surface area contributed by atoms with Crippen LogP contribution in [-0.2, 0) is 34.8 Å². The van der Waals surface area contributed by atoms with Crippen molar-refractivity contribution in [1.82, 2.24) is 18.8 Å². The van der Waals surface area contributed by atoms with Crippen LogP contribution in [0.2, 0.25) is 0 Å². The number of nitrogens with zero attached hydrogens (tertiary/aromatic N) is 4. The third-order valence-corrected chi connectivity index (χ3v) is 8.97. The number of carbonyl (C=O) groups is 1. The summed E-state index contributed by atoms with van der Waals surface area (Å²) in [6.07, 6.45) is 3.07. The second kappa shape index (κ2) is 9.33. The van der Waals surface area contributed by atoms with Gasteiger partial charge < -0.3 is 9.47 Å². The molecule has 1 aliphatic carbocycles. The molecule has 0 saturated heterocycles. The molecule has 32 heavy (non-hydrogen) atoms. The van der Waals surface area contributed by atoms with E-state index in [1.807, 2.05) is 41.8 Å². The number of rotatable bonds is 10. The summed E-state index contributed by atoms with van der Waals surface area (Å²) in [4.78, 5) is 21.1. The van der Waals surface area contributed by atoms with Gasteiger partial charge in [-0.1, -0.05) is 19.9 Å². The van der Waals surface area contributed by atoms with Crippen molar-refractivity contribution in [2.75, 3.05) is 13.1 Å². The Hall–Kier alpha value is -2.23. The number of benzene rings is 1. The number of hydrogen-bond acceptors (Lipinski definition) is 5. The van der Waals surface area contributed by atoms with E-state index < -0.39 is 10.0 Å². The minimum atomic E-state index is -3.54. The number of sulfonamides is 1. The van der Waals surface area contributed by atoms with Crippen LogP contribution in [0.5, 0.6) is 0 Å². The first kappa shape index (κ1) is 22.9. The van der Waals surface area contributed by atoms with E-state index in [-0.39, 0.29) is 10.8 Å². The average Bonchev–Trinajstić information content (AvgIpc) is 3.39. The lowest BCUT2D eigenvalue weighted by molar-refractivity contribution is -0.132. The molecule has 1 saturated carbocycles. The third-order valence-electron chi connectivity index (χ3n) is 6.06. The highest BCUT2D eigenvalue weighted by Gasteiger charge is 2.32. The zero-order chi connectivity index (χ0) is 22.9. The lowest BCUT2D eigenvalue weighted by Crippen LogP contribution is -2.32. The monoisotopic (exact) mass is 474 g/mol. The van der Waals surface area contributed by atoms with Gasteiger partial charge in [-0.3, -0.25) is 4.79 Å². The molecule has 1 aromatic carbocycles. The maximum atomic E-state index is 13.0. The largest absolute Gasteiger partial charge is 0.335 e. The predicted octanol–water partition coefficient (Wildman–Crippen LogP) is 3.79. The lowest BCUT2D eigenvalue weighted by atomic mass is 10.2. The number of hydrogen-bond donors (Lipinski definition) is 0. The zero-order valence-corrected chi connectivity index (χ0v) is 20.5. The molecule has 2 aromatic heterocycles. The fourth-order valence-electron chi connectivity index (χ4n) is 4.07. The van der Waals surface area contributed by atoms with Crippen molar-refractivity contribution >= 4 is 38.3 Å². The van der Waals surface area contributed by atoms with Crippen LogP contribution in [0.4, 0.5) is 0 Å². The van der Waals surface area contributed by atoms with Crippen molar-refractivity contribution in [2.24, 2.45) is 7.05 Å². The normalized spacial score (nSPS) is 14.4. The molecule has 9 heteroatoms. The van der Waals surface area contributed by atoms with Gasteiger partial charge in [-0.15, -0.1) is 11.3 Å². The summed E-state index contributed by atoms with van der Waals surface area (Å²) in [5, 5.41) is 2.04. The SMILES string of the molecule is CCN(CC)S(=O)(=O)c1ccc2c(c1)nc(CCC(=O)N(Cc1cccs1)C1CC1)n2C. The van der Waals surface area contributed by atoms with E-state index in [4.69, 9.17) is 0 Å². The van der Waals surface area contributed by atoms with Crippen LogP contribution in [0.15, 0.2) is 40.6 Å². The second-order valence-electron chi connectivity index (χ2n) is 8.16. The first-order chi connectivity index (χ1) is 15.3. The molecule has 0 N–H and O–H groups in total. The number of imidazole rings is 1. The van der Waals surface area contributed by atoms with Crippen LogP contribution in [-0.4, -0.2) is 52.2 Å². The Labute approximate surface area is 193 Å². The Bertz CT molecular complexity index is 1190.